The maximum Gasteiger partial charge on any atom is 0.258 e. The molecule has 0 atom stereocenters. The van der Waals surface area contributed by atoms with Crippen LogP contribution in [0.4, 0.5) is 0 Å². The number of hydrogen-bond acceptors (Lipinski definition) is 6. The number of nitrogens with two attached hydrogens (primary N) is 1. The molecule has 2 heterocycles. The van der Waals surface area contributed by atoms with Gasteiger partial charge in [0.1, 0.15) is 0 Å². The molecule has 122 valence electrons. The molecule has 1 amide bonds. The largest absolute Gasteiger partial charge is 0.386 e. The van der Waals surface area contributed by atoms with E-state index in [4.69, 9.17) is 10.6 Å². The highest BCUT2D eigenvalue weighted by Crippen LogP contribution is 2.36. The van der Waals surface area contributed by atoms with Crippen molar-refractivity contribution in [1.82, 2.24) is 4.98 Å². The molecule has 0 fully saturated rings. The number of amides is 1. The summed E-state index contributed by atoms with van der Waals surface area (Å²) in [6, 6.07) is 10.4. The van der Waals surface area contributed by atoms with Crippen LogP contribution in [-0.4, -0.2) is 23.7 Å². The van der Waals surface area contributed by atoms with Crippen molar-refractivity contribution >= 4 is 45.3 Å². The predicted molar refractivity (Wildman–Crippen MR) is 97.7 cm³/mol. The topological polar surface area (TPSA) is 77.6 Å². The molecule has 5 nitrogen and oxygen atoms in total. The summed E-state index contributed by atoms with van der Waals surface area (Å²) in [5.74, 6) is -0.551. The minimum absolute atomic E-state index is 0.225. The summed E-state index contributed by atoms with van der Waals surface area (Å²) < 4.78 is 1.07. The number of hydrogen-bond donors (Lipinski definition) is 1. The fourth-order valence-electron chi connectivity index (χ4n) is 2.02. The molecule has 7 heteroatoms. The van der Waals surface area contributed by atoms with Gasteiger partial charge in [-0.15, -0.1) is 11.3 Å². The van der Waals surface area contributed by atoms with Crippen molar-refractivity contribution in [3.63, 3.8) is 0 Å². The van der Waals surface area contributed by atoms with E-state index in [9.17, 15) is 4.79 Å². The minimum atomic E-state index is -0.551. The first-order chi connectivity index (χ1) is 11.6. The van der Waals surface area contributed by atoms with Crippen molar-refractivity contribution in [2.75, 3.05) is 6.61 Å². The van der Waals surface area contributed by atoms with Crippen LogP contribution in [0, 0.1) is 6.92 Å². The van der Waals surface area contributed by atoms with Crippen molar-refractivity contribution in [3.8, 4) is 0 Å². The van der Waals surface area contributed by atoms with Gasteiger partial charge in [-0.3, -0.25) is 9.78 Å². The van der Waals surface area contributed by atoms with Crippen LogP contribution < -0.4 is 5.73 Å². The van der Waals surface area contributed by atoms with Gasteiger partial charge < -0.3 is 10.6 Å². The van der Waals surface area contributed by atoms with Crippen LogP contribution in [0.3, 0.4) is 0 Å². The third-order valence-electron chi connectivity index (χ3n) is 3.14. The Kier molecular flexibility index (Phi) is 5.12. The number of pyridine rings is 1. The van der Waals surface area contributed by atoms with Crippen LogP contribution in [0.2, 0.25) is 0 Å². The van der Waals surface area contributed by atoms with Crippen LogP contribution in [0.1, 0.15) is 10.4 Å². The summed E-state index contributed by atoms with van der Waals surface area (Å²) in [6.07, 6.45) is 5.28. The number of fused-ring (bicyclic) bond motifs is 1. The van der Waals surface area contributed by atoms with Crippen molar-refractivity contribution in [2.24, 2.45) is 10.9 Å². The van der Waals surface area contributed by atoms with Gasteiger partial charge in [-0.2, -0.15) is 0 Å². The van der Waals surface area contributed by atoms with Gasteiger partial charge in [0, 0.05) is 27.6 Å². The standard InChI is InChI=1S/C17H15N3O2S2/c1-11-2-4-12(5-3-11)23-15-8-19-9-16-14(15)6-13(24-16)7-20-22-10-17(18)21/h2-9H,10H2,1H3,(H2,18,21). The van der Waals surface area contributed by atoms with Crippen LogP contribution >= 0.6 is 23.1 Å². The predicted octanol–water partition coefficient (Wildman–Crippen LogP) is 3.59. The number of aryl methyl sites for hydroxylation is 1. The highest BCUT2D eigenvalue weighted by Gasteiger charge is 2.08. The molecule has 2 N–H and O–H groups in total. The Balaban J connectivity index is 1.81. The lowest BCUT2D eigenvalue weighted by Crippen LogP contribution is -2.16. The minimum Gasteiger partial charge on any atom is -0.386 e. The molecule has 3 rings (SSSR count). The quantitative estimate of drug-likeness (QED) is 0.540. The number of nitrogens with zero attached hydrogens (tertiary/aromatic N) is 2. The number of primary amides is 1. The first kappa shape index (κ1) is 16.5. The Morgan fingerprint density at radius 2 is 2.17 bits per heavy atom. The summed E-state index contributed by atoms with van der Waals surface area (Å²) in [4.78, 5) is 22.9. The van der Waals surface area contributed by atoms with Gasteiger partial charge in [-0.1, -0.05) is 34.6 Å². The van der Waals surface area contributed by atoms with Crippen LogP contribution in [0.5, 0.6) is 0 Å². The lowest BCUT2D eigenvalue weighted by molar-refractivity contribution is -0.122. The number of rotatable bonds is 6. The third kappa shape index (κ3) is 4.12. The SMILES string of the molecule is Cc1ccc(Sc2cncc3sc(C=NOCC(N)=O)cc23)cc1. The van der Waals surface area contributed by atoms with E-state index in [2.05, 4.69) is 41.3 Å². The Morgan fingerprint density at radius 1 is 1.38 bits per heavy atom. The van der Waals surface area contributed by atoms with E-state index in [1.54, 1.807) is 29.3 Å². The van der Waals surface area contributed by atoms with E-state index in [1.165, 1.54) is 10.5 Å². The van der Waals surface area contributed by atoms with Gasteiger partial charge in [0.15, 0.2) is 6.61 Å². The molecule has 0 aliphatic heterocycles. The Labute approximate surface area is 147 Å². The first-order valence-electron chi connectivity index (χ1n) is 7.17. The van der Waals surface area contributed by atoms with E-state index in [0.717, 1.165) is 19.9 Å². The van der Waals surface area contributed by atoms with Gasteiger partial charge in [-0.05, 0) is 25.1 Å². The second-order valence-electron chi connectivity index (χ2n) is 5.09. The molecule has 0 saturated heterocycles. The number of oxime groups is 1. The zero-order valence-electron chi connectivity index (χ0n) is 12.9. The molecule has 0 bridgehead atoms. The van der Waals surface area contributed by atoms with Crippen molar-refractivity contribution < 1.29 is 9.63 Å². The van der Waals surface area contributed by atoms with Crippen LogP contribution in [0.25, 0.3) is 10.1 Å². The molecular formula is C17H15N3O2S2. The number of aromatic nitrogens is 1. The molecule has 24 heavy (non-hydrogen) atoms. The highest BCUT2D eigenvalue weighted by atomic mass is 32.2. The fraction of sp³-hybridized carbons (Fsp3) is 0.118. The summed E-state index contributed by atoms with van der Waals surface area (Å²) in [5.41, 5.74) is 6.23. The van der Waals surface area contributed by atoms with Gasteiger partial charge in [0.2, 0.25) is 0 Å². The van der Waals surface area contributed by atoms with Gasteiger partial charge in [0.05, 0.1) is 15.8 Å². The van der Waals surface area contributed by atoms with Crippen LogP contribution in [-0.2, 0) is 9.63 Å². The Hall–Kier alpha value is -2.38. The molecule has 0 spiro atoms. The average molecular weight is 357 g/mol. The smallest absolute Gasteiger partial charge is 0.258 e. The Bertz CT molecular complexity index is 888. The van der Waals surface area contributed by atoms with E-state index >= 15 is 0 Å². The molecule has 1 aromatic carbocycles. The number of thiophene rings is 1. The fourth-order valence-corrected chi connectivity index (χ4v) is 3.93. The third-order valence-corrected chi connectivity index (χ3v) is 5.20. The number of carbonyl (C=O) groups excluding carboxylic acids is 1. The number of benzene rings is 1. The van der Waals surface area contributed by atoms with Crippen molar-refractivity contribution in [2.45, 2.75) is 16.7 Å². The zero-order chi connectivity index (χ0) is 16.9. The second kappa shape index (κ2) is 7.46. The average Bonchev–Trinajstić information content (AvgIpc) is 2.98. The maximum absolute atomic E-state index is 10.6. The molecular weight excluding hydrogens is 342 g/mol. The molecule has 2 aromatic heterocycles. The monoisotopic (exact) mass is 357 g/mol. The lowest BCUT2D eigenvalue weighted by Gasteiger charge is -2.03. The van der Waals surface area contributed by atoms with Crippen molar-refractivity contribution in [3.05, 3.63) is 53.2 Å². The molecule has 0 saturated carbocycles. The second-order valence-corrected chi connectivity index (χ2v) is 7.32. The molecule has 0 unspecified atom stereocenters. The molecule has 0 radical (unpaired) electrons. The molecule has 0 aliphatic carbocycles. The van der Waals surface area contributed by atoms with Gasteiger partial charge in [0.25, 0.3) is 5.91 Å². The van der Waals surface area contributed by atoms with E-state index < -0.39 is 5.91 Å². The summed E-state index contributed by atoms with van der Waals surface area (Å²) in [6.45, 7) is 1.85. The Morgan fingerprint density at radius 3 is 2.92 bits per heavy atom. The number of carbonyl (C=O) groups is 1. The van der Waals surface area contributed by atoms with Crippen molar-refractivity contribution in [1.29, 1.82) is 0 Å². The lowest BCUT2D eigenvalue weighted by atomic mass is 10.2. The molecule has 0 aliphatic rings. The normalized spacial score (nSPS) is 11.2. The maximum atomic E-state index is 10.6. The van der Waals surface area contributed by atoms with Gasteiger partial charge in [-0.25, -0.2) is 0 Å². The summed E-state index contributed by atoms with van der Waals surface area (Å²) in [5, 5.41) is 4.88. The first-order valence-corrected chi connectivity index (χ1v) is 8.81. The summed E-state index contributed by atoms with van der Waals surface area (Å²) in [7, 11) is 0. The summed E-state index contributed by atoms with van der Waals surface area (Å²) >= 11 is 3.24. The zero-order valence-corrected chi connectivity index (χ0v) is 14.6. The van der Waals surface area contributed by atoms with E-state index in [-0.39, 0.29) is 6.61 Å². The van der Waals surface area contributed by atoms with Crippen LogP contribution in [0.15, 0.2) is 57.7 Å². The molecule has 3 aromatic rings. The van der Waals surface area contributed by atoms with E-state index in [0.29, 0.717) is 0 Å². The highest BCUT2D eigenvalue weighted by molar-refractivity contribution is 7.99. The van der Waals surface area contributed by atoms with E-state index in [1.807, 2.05) is 18.5 Å². The van der Waals surface area contributed by atoms with Gasteiger partial charge >= 0.3 is 0 Å².